The Morgan fingerprint density at radius 1 is 0.750 bits per heavy atom. The minimum atomic E-state index is 0.742. The number of pyridine rings is 1. The van der Waals surface area contributed by atoms with E-state index in [9.17, 15) is 0 Å². The molecule has 0 saturated carbocycles. The predicted molar refractivity (Wildman–Crippen MR) is 95.2 cm³/mol. The molecule has 24 heavy (non-hydrogen) atoms. The van der Waals surface area contributed by atoms with E-state index in [0.717, 1.165) is 46.7 Å². The van der Waals surface area contributed by atoms with Crippen molar-refractivity contribution < 1.29 is 14.2 Å². The Morgan fingerprint density at radius 3 is 2.25 bits per heavy atom. The number of aromatic nitrogens is 1. The molecule has 3 aromatic rings. The molecule has 4 heteroatoms. The van der Waals surface area contributed by atoms with Gasteiger partial charge in [0, 0.05) is 17.1 Å². The third-order valence-electron chi connectivity index (χ3n) is 4.07. The van der Waals surface area contributed by atoms with E-state index in [1.807, 2.05) is 42.5 Å². The summed E-state index contributed by atoms with van der Waals surface area (Å²) in [5.74, 6) is 2.36. The van der Waals surface area contributed by atoms with Gasteiger partial charge in [0.05, 0.1) is 26.8 Å². The molecular weight excluding hydrogens is 302 g/mol. The molecule has 0 unspecified atom stereocenters. The maximum absolute atomic E-state index is 5.51. The molecule has 0 fully saturated rings. The number of para-hydroxylation sites is 1. The molecule has 0 aliphatic heterocycles. The Balaban J connectivity index is 1.83. The quantitative estimate of drug-likeness (QED) is 0.686. The van der Waals surface area contributed by atoms with E-state index in [1.165, 1.54) is 5.56 Å². The van der Waals surface area contributed by atoms with Crippen LogP contribution in [0.2, 0.25) is 0 Å². The highest BCUT2D eigenvalue weighted by Gasteiger charge is 2.08. The third-order valence-corrected chi connectivity index (χ3v) is 4.07. The number of nitrogens with zero attached hydrogens (tertiary/aromatic N) is 1. The van der Waals surface area contributed by atoms with Crippen molar-refractivity contribution in [1.82, 2.24) is 4.98 Å². The molecular formula is C20H21NO3. The summed E-state index contributed by atoms with van der Waals surface area (Å²) in [7, 11) is 4.99. The number of hydrogen-bond acceptors (Lipinski definition) is 4. The zero-order valence-corrected chi connectivity index (χ0v) is 14.2. The van der Waals surface area contributed by atoms with Crippen molar-refractivity contribution in [2.24, 2.45) is 0 Å². The van der Waals surface area contributed by atoms with Crippen LogP contribution in [0.5, 0.6) is 17.2 Å². The van der Waals surface area contributed by atoms with Crippen LogP contribution in [-0.4, -0.2) is 26.3 Å². The van der Waals surface area contributed by atoms with Gasteiger partial charge in [0.25, 0.3) is 0 Å². The zero-order chi connectivity index (χ0) is 16.9. The van der Waals surface area contributed by atoms with E-state index < -0.39 is 0 Å². The van der Waals surface area contributed by atoms with Gasteiger partial charge in [0.2, 0.25) is 0 Å². The lowest BCUT2D eigenvalue weighted by atomic mass is 10.1. The summed E-state index contributed by atoms with van der Waals surface area (Å²) in [5.41, 5.74) is 3.15. The first-order valence-corrected chi connectivity index (χ1v) is 7.88. The highest BCUT2D eigenvalue weighted by Crippen LogP contribution is 2.29. The second-order valence-corrected chi connectivity index (χ2v) is 5.52. The van der Waals surface area contributed by atoms with Crippen molar-refractivity contribution in [3.8, 4) is 17.2 Å². The van der Waals surface area contributed by atoms with Crippen molar-refractivity contribution in [3.63, 3.8) is 0 Å². The fourth-order valence-electron chi connectivity index (χ4n) is 2.80. The Morgan fingerprint density at radius 2 is 1.50 bits per heavy atom. The molecule has 0 aliphatic carbocycles. The van der Waals surface area contributed by atoms with Gasteiger partial charge in [-0.1, -0.05) is 18.2 Å². The molecule has 3 rings (SSSR count). The average molecular weight is 323 g/mol. The number of rotatable bonds is 6. The van der Waals surface area contributed by atoms with Crippen LogP contribution in [0.1, 0.15) is 11.3 Å². The zero-order valence-electron chi connectivity index (χ0n) is 14.2. The lowest BCUT2D eigenvalue weighted by molar-refractivity contribution is 0.354. The van der Waals surface area contributed by atoms with Crippen LogP contribution in [0.3, 0.4) is 0 Å². The maximum atomic E-state index is 5.51. The summed E-state index contributed by atoms with van der Waals surface area (Å²) >= 11 is 0. The van der Waals surface area contributed by atoms with Crippen LogP contribution in [0, 0.1) is 0 Å². The molecule has 124 valence electrons. The van der Waals surface area contributed by atoms with Crippen LogP contribution in [-0.2, 0) is 12.8 Å². The summed E-state index contributed by atoms with van der Waals surface area (Å²) < 4.78 is 16.2. The fraction of sp³-hybridized carbons (Fsp3) is 0.250. The highest BCUT2D eigenvalue weighted by molar-refractivity contribution is 5.85. The number of benzene rings is 2. The van der Waals surface area contributed by atoms with Gasteiger partial charge in [-0.15, -0.1) is 0 Å². The standard InChI is InChI=1S/C20H21NO3/c1-22-18-11-9-14(12-20(18)24-3)8-10-15-13-19(23-2)16-6-4-5-7-17(16)21-15/h4-7,9,11-13H,8,10H2,1-3H3. The van der Waals surface area contributed by atoms with Gasteiger partial charge in [0.15, 0.2) is 11.5 Å². The molecule has 0 spiro atoms. The first kappa shape index (κ1) is 16.1. The number of fused-ring (bicyclic) bond motifs is 1. The summed E-state index contributed by atoms with van der Waals surface area (Å²) in [6, 6.07) is 16.0. The van der Waals surface area contributed by atoms with Gasteiger partial charge >= 0.3 is 0 Å². The van der Waals surface area contributed by atoms with Gasteiger partial charge in [0.1, 0.15) is 5.75 Å². The Kier molecular flexibility index (Phi) is 4.85. The number of ether oxygens (including phenoxy) is 3. The Bertz CT molecular complexity index is 845. The minimum Gasteiger partial charge on any atom is -0.496 e. The highest BCUT2D eigenvalue weighted by atomic mass is 16.5. The largest absolute Gasteiger partial charge is 0.496 e. The lowest BCUT2D eigenvalue weighted by Gasteiger charge is -2.11. The van der Waals surface area contributed by atoms with Crippen LogP contribution < -0.4 is 14.2 Å². The van der Waals surface area contributed by atoms with Crippen LogP contribution in [0.25, 0.3) is 10.9 Å². The second-order valence-electron chi connectivity index (χ2n) is 5.52. The van der Waals surface area contributed by atoms with Gasteiger partial charge in [-0.3, -0.25) is 4.98 Å². The van der Waals surface area contributed by atoms with Gasteiger partial charge < -0.3 is 14.2 Å². The van der Waals surface area contributed by atoms with Crippen molar-refractivity contribution in [3.05, 3.63) is 59.8 Å². The molecule has 0 radical (unpaired) electrons. The minimum absolute atomic E-state index is 0.742. The van der Waals surface area contributed by atoms with Gasteiger partial charge in [-0.05, 0) is 42.7 Å². The summed E-state index contributed by atoms with van der Waals surface area (Å²) in [6.45, 7) is 0. The Hall–Kier alpha value is -2.75. The van der Waals surface area contributed by atoms with E-state index in [4.69, 9.17) is 19.2 Å². The van der Waals surface area contributed by atoms with Crippen molar-refractivity contribution in [1.29, 1.82) is 0 Å². The summed E-state index contributed by atoms with van der Waals surface area (Å²) in [4.78, 5) is 4.74. The fourth-order valence-corrected chi connectivity index (χ4v) is 2.80. The van der Waals surface area contributed by atoms with E-state index in [1.54, 1.807) is 21.3 Å². The molecule has 1 aromatic heterocycles. The molecule has 0 atom stereocenters. The first-order chi connectivity index (χ1) is 11.7. The number of methoxy groups -OCH3 is 3. The van der Waals surface area contributed by atoms with E-state index >= 15 is 0 Å². The van der Waals surface area contributed by atoms with E-state index in [0.29, 0.717) is 0 Å². The monoisotopic (exact) mass is 323 g/mol. The predicted octanol–water partition coefficient (Wildman–Crippen LogP) is 4.05. The summed E-state index contributed by atoms with van der Waals surface area (Å²) in [5, 5.41) is 1.04. The molecule has 1 heterocycles. The number of aryl methyl sites for hydroxylation is 2. The molecule has 0 bridgehead atoms. The van der Waals surface area contributed by atoms with Crippen molar-refractivity contribution >= 4 is 10.9 Å². The number of hydrogen-bond donors (Lipinski definition) is 0. The molecule has 4 nitrogen and oxygen atoms in total. The van der Waals surface area contributed by atoms with E-state index in [2.05, 4.69) is 6.07 Å². The third kappa shape index (κ3) is 3.27. The van der Waals surface area contributed by atoms with Gasteiger partial charge in [-0.25, -0.2) is 0 Å². The molecule has 0 aliphatic rings. The van der Waals surface area contributed by atoms with Crippen molar-refractivity contribution in [2.45, 2.75) is 12.8 Å². The summed E-state index contributed by atoms with van der Waals surface area (Å²) in [6.07, 6.45) is 1.70. The van der Waals surface area contributed by atoms with Crippen LogP contribution in [0.15, 0.2) is 48.5 Å². The maximum Gasteiger partial charge on any atom is 0.160 e. The van der Waals surface area contributed by atoms with Gasteiger partial charge in [-0.2, -0.15) is 0 Å². The SMILES string of the molecule is COc1ccc(CCc2cc(OC)c3ccccc3n2)cc1OC. The Labute approximate surface area is 142 Å². The topological polar surface area (TPSA) is 40.6 Å². The second kappa shape index (κ2) is 7.21. The normalized spacial score (nSPS) is 10.6. The van der Waals surface area contributed by atoms with E-state index in [-0.39, 0.29) is 0 Å². The smallest absolute Gasteiger partial charge is 0.160 e. The van der Waals surface area contributed by atoms with Crippen molar-refractivity contribution in [2.75, 3.05) is 21.3 Å². The van der Waals surface area contributed by atoms with Crippen LogP contribution in [0.4, 0.5) is 0 Å². The molecule has 0 N–H and O–H groups in total. The van der Waals surface area contributed by atoms with Crippen LogP contribution >= 0.6 is 0 Å². The first-order valence-electron chi connectivity index (χ1n) is 7.88. The average Bonchev–Trinajstić information content (AvgIpc) is 2.65. The molecule has 2 aromatic carbocycles. The molecule has 0 saturated heterocycles. The lowest BCUT2D eigenvalue weighted by Crippen LogP contribution is -1.98. The molecule has 0 amide bonds.